The second-order valence-electron chi connectivity index (χ2n) is 17.1. The Morgan fingerprint density at radius 1 is 0.594 bits per heavy atom. The SMILES string of the molecule is CC(C)C[C@H](NC(=O)CN(C)C(=O)[C@H](Cc1ccccc1)NC(=O)[C@H](Cc1ccccc1)NC(=O)[C@H](CCC(N)=O)NC(=O)[C@H](CCC(N)=O)NC(=O)CCN)C(=O)C(CC(N)C(N)=O)S(C)(=O)=O. The Hall–Kier alpha value is -6.79. The number of nitrogens with zero attached hydrogens (tertiary/aromatic N) is 1. The second kappa shape index (κ2) is 28.5. The summed E-state index contributed by atoms with van der Waals surface area (Å²) in [4.78, 5) is 132. The fourth-order valence-corrected chi connectivity index (χ4v) is 8.17. The van der Waals surface area contributed by atoms with Crippen LogP contribution < -0.4 is 55.3 Å². The van der Waals surface area contributed by atoms with E-state index in [0.29, 0.717) is 11.1 Å². The number of rotatable bonds is 31. The molecule has 23 nitrogen and oxygen atoms in total. The average Bonchev–Trinajstić information content (AvgIpc) is 3.26. The van der Waals surface area contributed by atoms with Crippen LogP contribution in [-0.2, 0) is 70.6 Å². The number of hydrogen-bond donors (Lipinski definition) is 10. The van der Waals surface area contributed by atoms with Crippen LogP contribution in [0.1, 0.15) is 69.9 Å². The molecule has 2 unspecified atom stereocenters. The van der Waals surface area contributed by atoms with Crippen molar-refractivity contribution in [3.8, 4) is 0 Å². The molecule has 0 spiro atoms. The highest BCUT2D eigenvalue weighted by Crippen LogP contribution is 2.17. The molecule has 0 aliphatic heterocycles. The van der Waals surface area contributed by atoms with Gasteiger partial charge in [-0.3, -0.25) is 47.9 Å². The maximum absolute atomic E-state index is 14.4. The van der Waals surface area contributed by atoms with Crippen LogP contribution in [-0.4, -0.2) is 140 Å². The van der Waals surface area contributed by atoms with Gasteiger partial charge in [0.25, 0.3) is 0 Å². The van der Waals surface area contributed by atoms with E-state index in [1.807, 2.05) is 0 Å². The summed E-state index contributed by atoms with van der Waals surface area (Å²) in [7, 11) is -2.89. The molecule has 0 radical (unpaired) electrons. The molecule has 0 saturated carbocycles. The Morgan fingerprint density at radius 3 is 1.48 bits per heavy atom. The topological polar surface area (TPSA) is 398 Å². The van der Waals surface area contributed by atoms with Gasteiger partial charge in [0.2, 0.25) is 53.2 Å². The summed E-state index contributed by atoms with van der Waals surface area (Å²) in [6.07, 6.45) is -1.61. The number of nitrogens with one attached hydrogen (secondary N) is 5. The zero-order valence-electron chi connectivity index (χ0n) is 39.3. The Morgan fingerprint density at radius 2 is 1.03 bits per heavy atom. The number of amides is 9. The van der Waals surface area contributed by atoms with E-state index in [2.05, 4.69) is 26.6 Å². The lowest BCUT2D eigenvalue weighted by molar-refractivity contribution is -0.139. The number of carbonyl (C=O) groups excluding carboxylic acids is 10. The van der Waals surface area contributed by atoms with Gasteiger partial charge in [0.05, 0.1) is 18.6 Å². The zero-order valence-corrected chi connectivity index (χ0v) is 40.1. The van der Waals surface area contributed by atoms with E-state index >= 15 is 0 Å². The second-order valence-corrected chi connectivity index (χ2v) is 19.4. The molecule has 2 rings (SSSR count). The number of sulfone groups is 1. The van der Waals surface area contributed by atoms with Crippen molar-refractivity contribution < 1.29 is 56.4 Å². The van der Waals surface area contributed by atoms with E-state index in [1.54, 1.807) is 74.5 Å². The first-order chi connectivity index (χ1) is 32.3. The van der Waals surface area contributed by atoms with Crippen molar-refractivity contribution in [2.75, 3.05) is 26.4 Å². The zero-order chi connectivity index (χ0) is 52.0. The Balaban J connectivity index is 2.49. The summed E-state index contributed by atoms with van der Waals surface area (Å²) < 4.78 is 25.5. The maximum Gasteiger partial charge on any atom is 0.245 e. The number of carbonyl (C=O) groups is 10. The van der Waals surface area contributed by atoms with E-state index in [9.17, 15) is 56.4 Å². The summed E-state index contributed by atoms with van der Waals surface area (Å²) >= 11 is 0. The highest BCUT2D eigenvalue weighted by molar-refractivity contribution is 7.92. The number of ketones is 1. The summed E-state index contributed by atoms with van der Waals surface area (Å²) in [5.74, 6) is -8.84. The van der Waals surface area contributed by atoms with Crippen LogP contribution in [0.15, 0.2) is 60.7 Å². The third-order valence-electron chi connectivity index (χ3n) is 10.6. The molecule has 0 saturated heterocycles. The first-order valence-electron chi connectivity index (χ1n) is 22.2. The van der Waals surface area contributed by atoms with E-state index in [-0.39, 0.29) is 57.4 Å². The van der Waals surface area contributed by atoms with Gasteiger partial charge in [-0.1, -0.05) is 74.5 Å². The monoisotopic (exact) mass is 985 g/mol. The van der Waals surface area contributed by atoms with Gasteiger partial charge in [-0.05, 0) is 42.7 Å². The molecule has 0 heterocycles. The smallest absolute Gasteiger partial charge is 0.245 e. The summed E-state index contributed by atoms with van der Waals surface area (Å²) in [6, 6.07) is 8.37. The van der Waals surface area contributed by atoms with Gasteiger partial charge >= 0.3 is 0 Å². The van der Waals surface area contributed by atoms with Crippen LogP contribution in [0.4, 0.5) is 0 Å². The van der Waals surface area contributed by atoms with Crippen molar-refractivity contribution in [1.82, 2.24) is 31.5 Å². The molecule has 2 aromatic rings. The van der Waals surface area contributed by atoms with Crippen molar-refractivity contribution in [3.05, 3.63) is 71.8 Å². The molecule has 7 atom stereocenters. The first-order valence-corrected chi connectivity index (χ1v) is 24.1. The fourth-order valence-electron chi connectivity index (χ4n) is 7.02. The van der Waals surface area contributed by atoms with Crippen LogP contribution in [0.25, 0.3) is 0 Å². The number of hydrogen-bond acceptors (Lipinski definition) is 14. The van der Waals surface area contributed by atoms with Gasteiger partial charge in [-0.25, -0.2) is 8.42 Å². The Bertz CT molecular complexity index is 2230. The molecular weight excluding hydrogens is 919 g/mol. The molecule has 0 bridgehead atoms. The summed E-state index contributed by atoms with van der Waals surface area (Å²) in [5.41, 5.74) is 28.2. The quantitative estimate of drug-likeness (QED) is 0.0350. The largest absolute Gasteiger partial charge is 0.370 e. The number of likely N-dealkylation sites (N-methyl/N-ethyl adjacent to an activating group) is 1. The van der Waals surface area contributed by atoms with Crippen molar-refractivity contribution in [3.63, 3.8) is 0 Å². The minimum atomic E-state index is -4.15. The lowest BCUT2D eigenvalue weighted by atomic mass is 9.96. The van der Waals surface area contributed by atoms with Crippen LogP contribution >= 0.6 is 0 Å². The van der Waals surface area contributed by atoms with Gasteiger partial charge < -0.3 is 60.2 Å². The molecule has 0 aliphatic rings. The molecular formula is C45H67N11O12S. The number of benzene rings is 2. The van der Waals surface area contributed by atoms with Crippen LogP contribution in [0, 0.1) is 5.92 Å². The van der Waals surface area contributed by atoms with Crippen molar-refractivity contribution in [2.45, 2.75) is 113 Å². The third-order valence-corrected chi connectivity index (χ3v) is 12.1. The minimum absolute atomic E-state index is 0.0183. The lowest BCUT2D eigenvalue weighted by Crippen LogP contribution is -2.59. The Labute approximate surface area is 401 Å². The number of primary amides is 3. The summed E-state index contributed by atoms with van der Waals surface area (Å²) in [6.45, 7) is 2.73. The van der Waals surface area contributed by atoms with Crippen LogP contribution in [0.5, 0.6) is 0 Å². The third kappa shape index (κ3) is 21.4. The molecule has 0 aromatic heterocycles. The van der Waals surface area contributed by atoms with Crippen molar-refractivity contribution in [1.29, 1.82) is 0 Å². The molecule has 0 fully saturated rings. The van der Waals surface area contributed by atoms with Crippen LogP contribution in [0.3, 0.4) is 0 Å². The molecule has 380 valence electrons. The van der Waals surface area contributed by atoms with E-state index in [1.165, 1.54) is 7.05 Å². The van der Waals surface area contributed by atoms with Gasteiger partial charge in [0.1, 0.15) is 29.4 Å². The molecule has 0 aliphatic carbocycles. The number of nitrogens with two attached hydrogens (primary N) is 5. The van der Waals surface area contributed by atoms with E-state index in [4.69, 9.17) is 28.7 Å². The normalized spacial score (nSPS) is 14.3. The van der Waals surface area contributed by atoms with Crippen molar-refractivity contribution >= 4 is 68.8 Å². The van der Waals surface area contributed by atoms with Gasteiger partial charge in [-0.2, -0.15) is 0 Å². The average molecular weight is 986 g/mol. The van der Waals surface area contributed by atoms with Crippen molar-refractivity contribution in [2.24, 2.45) is 34.6 Å². The van der Waals surface area contributed by atoms with Gasteiger partial charge in [-0.15, -0.1) is 0 Å². The first kappa shape index (κ1) is 58.3. The standard InChI is InChI=1S/C45H67N11O12S/c1-26(2)21-32(40(61)35(69(4,67)68)24-29(47)41(50)62)52-39(60)25-56(3)45(66)34(23-28-13-9-6-10-14-28)55-44(65)33(22-27-11-7-5-8-12-27)54-43(64)31(16-18-37(49)58)53-42(63)30(15-17-36(48)57)51-38(59)19-20-46/h5-14,26,29-35H,15-25,46-47H2,1-4H3,(H2,48,57)(H2,49,58)(H2,50,62)(H,51,59)(H,52,60)(H,53,63)(H,54,64)(H,55,65)/t29?,30-,31-,32-,33-,34-,35?/m0/s1. The molecule has 9 amide bonds. The Kier molecular flexibility index (Phi) is 24.1. The fraction of sp³-hybridized carbons (Fsp3) is 0.511. The van der Waals surface area contributed by atoms with Gasteiger partial charge in [0, 0.05) is 52.0 Å². The summed E-state index contributed by atoms with van der Waals surface area (Å²) in [5, 5.41) is 10.9. The van der Waals surface area contributed by atoms with Crippen LogP contribution in [0.2, 0.25) is 0 Å². The molecule has 15 N–H and O–H groups in total. The molecule has 24 heteroatoms. The number of Topliss-reactive ketones (excluding diaryl/α,β-unsaturated/α-hetero) is 1. The predicted molar refractivity (Wildman–Crippen MR) is 253 cm³/mol. The highest BCUT2D eigenvalue weighted by Gasteiger charge is 2.38. The maximum atomic E-state index is 14.4. The predicted octanol–water partition coefficient (Wildman–Crippen LogP) is -3.53. The molecule has 69 heavy (non-hydrogen) atoms. The van der Waals surface area contributed by atoms with E-state index in [0.717, 1.165) is 11.2 Å². The lowest BCUT2D eigenvalue weighted by Gasteiger charge is -2.29. The van der Waals surface area contributed by atoms with E-state index < -0.39 is 130 Å². The highest BCUT2D eigenvalue weighted by atomic mass is 32.2. The minimum Gasteiger partial charge on any atom is -0.370 e. The van der Waals surface area contributed by atoms with Gasteiger partial charge in [0.15, 0.2) is 15.6 Å². The molecule has 2 aromatic carbocycles.